The molecule has 0 amide bonds. The predicted octanol–water partition coefficient (Wildman–Crippen LogP) is 3.12. The summed E-state index contributed by atoms with van der Waals surface area (Å²) in [6, 6.07) is 3.93. The molecule has 0 N–H and O–H groups in total. The maximum absolute atomic E-state index is 12.2. The van der Waals surface area contributed by atoms with Crippen molar-refractivity contribution < 1.29 is 9.32 Å². The van der Waals surface area contributed by atoms with Crippen LogP contribution in [0.4, 0.5) is 0 Å². The van der Waals surface area contributed by atoms with Gasteiger partial charge in [0.15, 0.2) is 0 Å². The van der Waals surface area contributed by atoms with Crippen molar-refractivity contribution in [2.45, 2.75) is 44.7 Å². The van der Waals surface area contributed by atoms with E-state index in [0.29, 0.717) is 47.2 Å². The third-order valence-electron chi connectivity index (χ3n) is 5.06. The van der Waals surface area contributed by atoms with E-state index in [2.05, 4.69) is 20.0 Å². The lowest BCUT2D eigenvalue weighted by Crippen LogP contribution is -2.50. The van der Waals surface area contributed by atoms with Gasteiger partial charge in [-0.25, -0.2) is 4.98 Å². The Labute approximate surface area is 145 Å². The Bertz CT molecular complexity index is 748. The molecule has 0 bridgehead atoms. The van der Waals surface area contributed by atoms with Crippen molar-refractivity contribution in [3.8, 4) is 11.4 Å². The zero-order valence-corrected chi connectivity index (χ0v) is 14.1. The predicted molar refractivity (Wildman–Crippen MR) is 88.3 cm³/mol. The van der Waals surface area contributed by atoms with E-state index >= 15 is 0 Å². The third-order valence-corrected chi connectivity index (χ3v) is 5.37. The molecule has 0 unspecified atom stereocenters. The zero-order chi connectivity index (χ0) is 16.5. The molecule has 0 aromatic carbocycles. The summed E-state index contributed by atoms with van der Waals surface area (Å²) in [6.07, 6.45) is 6.68. The van der Waals surface area contributed by atoms with Crippen LogP contribution in [-0.4, -0.2) is 38.4 Å². The minimum absolute atomic E-state index is 0.183. The van der Waals surface area contributed by atoms with Crippen LogP contribution < -0.4 is 0 Å². The zero-order valence-electron chi connectivity index (χ0n) is 13.3. The fraction of sp³-hybridized carbons (Fsp3) is 0.529. The summed E-state index contributed by atoms with van der Waals surface area (Å²) in [6.45, 7) is 1.35. The molecule has 1 aliphatic carbocycles. The molecule has 2 aromatic heterocycles. The first-order chi connectivity index (χ1) is 11.7. The van der Waals surface area contributed by atoms with E-state index in [1.165, 1.54) is 6.42 Å². The van der Waals surface area contributed by atoms with Crippen LogP contribution in [0, 0.1) is 5.92 Å². The fourth-order valence-electron chi connectivity index (χ4n) is 3.88. The van der Waals surface area contributed by atoms with Crippen molar-refractivity contribution in [3.05, 3.63) is 29.4 Å². The maximum Gasteiger partial charge on any atom is 0.241 e. The summed E-state index contributed by atoms with van der Waals surface area (Å²) in [5.41, 5.74) is 0.665. The standard InChI is InChI=1S/C17H19ClN4O2/c18-16-12(5-3-8-19-16)17-20-15(24-21-17)10-22-9-7-14(23)11-4-1-2-6-13(11)22/h3,5,8,11,13H,1-2,4,6-7,9-10H2/t11-,13-/m1/s1. The summed E-state index contributed by atoms with van der Waals surface area (Å²) in [4.78, 5) is 23.0. The number of hydrogen-bond acceptors (Lipinski definition) is 6. The maximum atomic E-state index is 12.2. The number of nitrogens with zero attached hydrogens (tertiary/aromatic N) is 4. The highest BCUT2D eigenvalue weighted by atomic mass is 35.5. The van der Waals surface area contributed by atoms with Crippen LogP contribution in [0.5, 0.6) is 0 Å². The van der Waals surface area contributed by atoms with Crippen molar-refractivity contribution in [1.29, 1.82) is 0 Å². The van der Waals surface area contributed by atoms with Crippen LogP contribution in [0.3, 0.4) is 0 Å². The van der Waals surface area contributed by atoms with E-state index in [4.69, 9.17) is 16.1 Å². The first-order valence-electron chi connectivity index (χ1n) is 8.42. The van der Waals surface area contributed by atoms with Crippen LogP contribution in [0.1, 0.15) is 38.0 Å². The molecule has 0 spiro atoms. The molecule has 7 heteroatoms. The lowest BCUT2D eigenvalue weighted by Gasteiger charge is -2.42. The van der Waals surface area contributed by atoms with Gasteiger partial charge in [-0.3, -0.25) is 9.69 Å². The summed E-state index contributed by atoms with van der Waals surface area (Å²) in [7, 11) is 0. The van der Waals surface area contributed by atoms with Crippen molar-refractivity contribution in [2.24, 2.45) is 5.92 Å². The summed E-state index contributed by atoms with van der Waals surface area (Å²) in [5, 5.41) is 4.39. The van der Waals surface area contributed by atoms with Gasteiger partial charge in [0, 0.05) is 31.1 Å². The fourth-order valence-corrected chi connectivity index (χ4v) is 4.08. The number of likely N-dealkylation sites (tertiary alicyclic amines) is 1. The number of carbonyl (C=O) groups is 1. The molecule has 2 fully saturated rings. The Kier molecular flexibility index (Phi) is 4.33. The average Bonchev–Trinajstić information content (AvgIpc) is 3.06. The second-order valence-corrected chi connectivity index (χ2v) is 6.86. The molecular formula is C17H19ClN4O2. The van der Waals surface area contributed by atoms with Gasteiger partial charge in [-0.1, -0.05) is 29.6 Å². The lowest BCUT2D eigenvalue weighted by atomic mass is 9.77. The second kappa shape index (κ2) is 6.61. The number of halogens is 1. The normalized spacial score (nSPS) is 24.8. The number of rotatable bonds is 3. The average molecular weight is 347 g/mol. The van der Waals surface area contributed by atoms with Crippen molar-refractivity contribution in [3.63, 3.8) is 0 Å². The Morgan fingerprint density at radius 2 is 2.21 bits per heavy atom. The van der Waals surface area contributed by atoms with Crippen molar-refractivity contribution in [2.75, 3.05) is 6.54 Å². The molecule has 2 atom stereocenters. The lowest BCUT2D eigenvalue weighted by molar-refractivity contribution is -0.131. The van der Waals surface area contributed by atoms with Crippen LogP contribution >= 0.6 is 11.6 Å². The Balaban J connectivity index is 1.51. The first kappa shape index (κ1) is 15.7. The van der Waals surface area contributed by atoms with Crippen LogP contribution in [0.15, 0.2) is 22.9 Å². The monoisotopic (exact) mass is 346 g/mol. The van der Waals surface area contributed by atoms with Gasteiger partial charge in [0.2, 0.25) is 11.7 Å². The topological polar surface area (TPSA) is 72.1 Å². The Morgan fingerprint density at radius 3 is 3.08 bits per heavy atom. The number of piperidine rings is 1. The number of hydrogen-bond donors (Lipinski definition) is 0. The Hall–Kier alpha value is -1.79. The smallest absolute Gasteiger partial charge is 0.241 e. The van der Waals surface area contributed by atoms with Gasteiger partial charge in [-0.2, -0.15) is 4.98 Å². The highest BCUT2D eigenvalue weighted by molar-refractivity contribution is 6.31. The molecule has 24 heavy (non-hydrogen) atoms. The van der Waals surface area contributed by atoms with Crippen LogP contribution in [-0.2, 0) is 11.3 Å². The molecule has 4 rings (SSSR count). The van der Waals surface area contributed by atoms with E-state index in [9.17, 15) is 4.79 Å². The number of Topliss-reactive ketones (excluding diaryl/α,β-unsaturated/α-hetero) is 1. The van der Waals surface area contributed by atoms with E-state index in [1.54, 1.807) is 12.3 Å². The van der Waals surface area contributed by atoms with Crippen molar-refractivity contribution >= 4 is 17.4 Å². The van der Waals surface area contributed by atoms with Gasteiger partial charge >= 0.3 is 0 Å². The molecule has 0 radical (unpaired) electrons. The summed E-state index contributed by atoms with van der Waals surface area (Å²) < 4.78 is 5.41. The Morgan fingerprint density at radius 1 is 1.33 bits per heavy atom. The van der Waals surface area contributed by atoms with E-state index < -0.39 is 0 Å². The van der Waals surface area contributed by atoms with E-state index in [1.807, 2.05) is 6.07 Å². The molecule has 2 aromatic rings. The SMILES string of the molecule is O=C1CCN(Cc2nc(-c3cccnc3Cl)no2)[C@@H]2CCCC[C@@H]12. The van der Waals surface area contributed by atoms with Crippen LogP contribution in [0.2, 0.25) is 5.15 Å². The number of pyridine rings is 1. The van der Waals surface area contributed by atoms with Gasteiger partial charge in [-0.05, 0) is 25.0 Å². The number of ketones is 1. The van der Waals surface area contributed by atoms with Crippen molar-refractivity contribution in [1.82, 2.24) is 20.0 Å². The number of fused-ring (bicyclic) bond motifs is 1. The minimum Gasteiger partial charge on any atom is -0.338 e. The quantitative estimate of drug-likeness (QED) is 0.795. The molecule has 1 saturated heterocycles. The molecular weight excluding hydrogens is 328 g/mol. The summed E-state index contributed by atoms with van der Waals surface area (Å²) in [5.74, 6) is 1.62. The second-order valence-electron chi connectivity index (χ2n) is 6.50. The molecule has 2 aliphatic rings. The third kappa shape index (κ3) is 2.96. The minimum atomic E-state index is 0.183. The van der Waals surface area contributed by atoms with E-state index in [-0.39, 0.29) is 5.92 Å². The first-order valence-corrected chi connectivity index (χ1v) is 8.80. The van der Waals surface area contributed by atoms with Gasteiger partial charge in [0.1, 0.15) is 10.9 Å². The molecule has 1 aliphatic heterocycles. The van der Waals surface area contributed by atoms with Gasteiger partial charge in [-0.15, -0.1) is 0 Å². The van der Waals surface area contributed by atoms with Gasteiger partial charge < -0.3 is 4.52 Å². The molecule has 3 heterocycles. The van der Waals surface area contributed by atoms with E-state index in [0.717, 1.165) is 25.8 Å². The highest BCUT2D eigenvalue weighted by Gasteiger charge is 2.38. The van der Waals surface area contributed by atoms with Gasteiger partial charge in [0.25, 0.3) is 0 Å². The summed E-state index contributed by atoms with van der Waals surface area (Å²) >= 11 is 6.09. The molecule has 6 nitrogen and oxygen atoms in total. The van der Waals surface area contributed by atoms with Crippen LogP contribution in [0.25, 0.3) is 11.4 Å². The molecule has 1 saturated carbocycles. The largest absolute Gasteiger partial charge is 0.338 e. The number of aromatic nitrogens is 3. The number of carbonyl (C=O) groups excluding carboxylic acids is 1. The molecule has 126 valence electrons. The van der Waals surface area contributed by atoms with Gasteiger partial charge in [0.05, 0.1) is 12.1 Å². The highest BCUT2D eigenvalue weighted by Crippen LogP contribution is 2.34.